The van der Waals surface area contributed by atoms with E-state index >= 15 is 0 Å². The average molecular weight is 481 g/mol. The lowest BCUT2D eigenvalue weighted by Crippen LogP contribution is -2.58. The molecule has 184 valence electrons. The first-order valence-corrected chi connectivity index (χ1v) is 13.5. The molecule has 1 heterocycles. The summed E-state index contributed by atoms with van der Waals surface area (Å²) in [4.78, 5) is 41.6. The van der Waals surface area contributed by atoms with Gasteiger partial charge in [0.25, 0.3) is 11.8 Å². The minimum absolute atomic E-state index is 0.109. The van der Waals surface area contributed by atoms with Crippen molar-refractivity contribution in [2.24, 2.45) is 35.0 Å². The molecule has 4 atom stereocenters. The molecule has 6 aliphatic rings. The minimum atomic E-state index is -0.535. The highest BCUT2D eigenvalue weighted by molar-refractivity contribution is 6.08. The monoisotopic (exact) mass is 480 g/mol. The molecule has 1 saturated heterocycles. The Balaban J connectivity index is 1.22. The van der Waals surface area contributed by atoms with Crippen LogP contribution in [0, 0.1) is 35.0 Å². The van der Waals surface area contributed by atoms with Gasteiger partial charge in [0.2, 0.25) is 5.91 Å². The maximum absolute atomic E-state index is 13.9. The van der Waals surface area contributed by atoms with Crippen molar-refractivity contribution in [1.82, 2.24) is 10.4 Å². The second-order valence-electron chi connectivity index (χ2n) is 12.0. The van der Waals surface area contributed by atoms with Gasteiger partial charge in [-0.3, -0.25) is 19.8 Å². The third-order valence-corrected chi connectivity index (χ3v) is 9.80. The van der Waals surface area contributed by atoms with Crippen molar-refractivity contribution in [3.63, 3.8) is 0 Å². The summed E-state index contributed by atoms with van der Waals surface area (Å²) in [5, 5.41) is 1.11. The Morgan fingerprint density at radius 3 is 1.53 bits per heavy atom. The first-order chi connectivity index (χ1) is 17.5. The van der Waals surface area contributed by atoms with Gasteiger partial charge in [-0.15, -0.1) is 0 Å². The molecule has 4 bridgehead atoms. The fourth-order valence-electron chi connectivity index (χ4n) is 8.65. The van der Waals surface area contributed by atoms with Crippen LogP contribution >= 0.6 is 0 Å². The SMILES string of the molecule is O=C1[C@@H]2[C@@H](C(=O)N1NC(=O)C13CC4CC(CC(C4)C1)C3)[C@H](c1ccccc1)C=C[C@@H]2c1ccccc1. The van der Waals surface area contributed by atoms with E-state index in [0.717, 1.165) is 35.4 Å². The Labute approximate surface area is 211 Å². The molecule has 4 saturated carbocycles. The molecule has 1 aliphatic heterocycles. The third kappa shape index (κ3) is 3.31. The van der Waals surface area contributed by atoms with E-state index in [2.05, 4.69) is 17.6 Å². The summed E-state index contributed by atoms with van der Waals surface area (Å²) in [6.45, 7) is 0. The van der Waals surface area contributed by atoms with Crippen molar-refractivity contribution in [3.8, 4) is 0 Å². The van der Waals surface area contributed by atoms with Gasteiger partial charge in [0.05, 0.1) is 17.3 Å². The number of rotatable bonds is 4. The summed E-state index contributed by atoms with van der Waals surface area (Å²) in [7, 11) is 0. The molecule has 1 N–H and O–H groups in total. The van der Waals surface area contributed by atoms with E-state index in [1.807, 2.05) is 60.7 Å². The second kappa shape index (κ2) is 8.16. The molecule has 3 amide bonds. The molecule has 8 rings (SSSR count). The fourth-order valence-corrected chi connectivity index (χ4v) is 8.65. The standard InChI is InChI=1S/C31H32N2O3/c34-28-26-24(22-7-3-1-4-8-22)11-12-25(23-9-5-2-6-10-23)27(26)29(35)33(28)32-30(36)31-16-19-13-20(17-31)15-21(14-19)18-31/h1-12,19-21,24-27H,13-18H2,(H,32,36)/t19?,20?,21?,24-,25+,26-,27-,31?/m0/s1. The Hall–Kier alpha value is -3.21. The molecular weight excluding hydrogens is 448 g/mol. The van der Waals surface area contributed by atoms with E-state index in [0.29, 0.717) is 17.8 Å². The van der Waals surface area contributed by atoms with Crippen LogP contribution in [0.25, 0.3) is 0 Å². The third-order valence-electron chi connectivity index (χ3n) is 9.80. The molecule has 5 heteroatoms. The molecule has 5 nitrogen and oxygen atoms in total. The highest BCUT2D eigenvalue weighted by Gasteiger charge is 2.59. The summed E-state index contributed by atoms with van der Waals surface area (Å²) in [6.07, 6.45) is 10.6. The number of nitrogens with zero attached hydrogens (tertiary/aromatic N) is 1. The zero-order valence-electron chi connectivity index (χ0n) is 20.4. The van der Waals surface area contributed by atoms with Crippen LogP contribution < -0.4 is 5.43 Å². The van der Waals surface area contributed by atoms with Gasteiger partial charge >= 0.3 is 0 Å². The van der Waals surface area contributed by atoms with Crippen molar-refractivity contribution in [2.45, 2.75) is 50.4 Å². The summed E-state index contributed by atoms with van der Waals surface area (Å²) in [5.74, 6) is -0.287. The van der Waals surface area contributed by atoms with Crippen molar-refractivity contribution in [3.05, 3.63) is 83.9 Å². The molecule has 0 spiro atoms. The lowest BCUT2D eigenvalue weighted by molar-refractivity contribution is -0.160. The summed E-state index contributed by atoms with van der Waals surface area (Å²) >= 11 is 0. The number of hydrazine groups is 1. The number of carbonyl (C=O) groups excluding carboxylic acids is 3. The van der Waals surface area contributed by atoms with E-state index in [1.54, 1.807) is 0 Å². The number of carbonyl (C=O) groups is 3. The highest BCUT2D eigenvalue weighted by atomic mass is 16.2. The van der Waals surface area contributed by atoms with Gasteiger partial charge < -0.3 is 0 Å². The number of nitrogens with one attached hydrogen (secondary N) is 1. The van der Waals surface area contributed by atoms with E-state index in [4.69, 9.17) is 0 Å². The van der Waals surface area contributed by atoms with Crippen LogP contribution in [-0.2, 0) is 14.4 Å². The topological polar surface area (TPSA) is 66.5 Å². The van der Waals surface area contributed by atoms with Crippen LogP contribution in [0.15, 0.2) is 72.8 Å². The Morgan fingerprint density at radius 2 is 1.11 bits per heavy atom. The molecule has 2 aromatic carbocycles. The van der Waals surface area contributed by atoms with Gasteiger partial charge in [-0.1, -0.05) is 72.8 Å². The summed E-state index contributed by atoms with van der Waals surface area (Å²) < 4.78 is 0. The van der Waals surface area contributed by atoms with E-state index < -0.39 is 17.3 Å². The number of hydrogen-bond acceptors (Lipinski definition) is 3. The lowest BCUT2D eigenvalue weighted by atomic mass is 9.49. The average Bonchev–Trinajstić information content (AvgIpc) is 3.14. The van der Waals surface area contributed by atoms with Crippen molar-refractivity contribution < 1.29 is 14.4 Å². The van der Waals surface area contributed by atoms with E-state index in [-0.39, 0.29) is 29.6 Å². The maximum atomic E-state index is 13.9. The first kappa shape index (κ1) is 22.0. The fraction of sp³-hybridized carbons (Fsp3) is 0.452. The molecule has 0 unspecified atom stereocenters. The summed E-state index contributed by atoms with van der Waals surface area (Å²) in [5.41, 5.74) is 4.52. The maximum Gasteiger partial charge on any atom is 0.253 e. The quantitative estimate of drug-likeness (QED) is 0.496. The molecule has 0 radical (unpaired) electrons. The number of benzene rings is 2. The molecular formula is C31H32N2O3. The Kier molecular flexibility index (Phi) is 4.99. The van der Waals surface area contributed by atoms with Crippen LogP contribution in [0.5, 0.6) is 0 Å². The van der Waals surface area contributed by atoms with Crippen molar-refractivity contribution in [1.29, 1.82) is 0 Å². The van der Waals surface area contributed by atoms with Gasteiger partial charge in [0, 0.05) is 11.8 Å². The molecule has 5 fully saturated rings. The predicted octanol–water partition coefficient (Wildman–Crippen LogP) is 4.97. The summed E-state index contributed by atoms with van der Waals surface area (Å²) in [6, 6.07) is 19.9. The van der Waals surface area contributed by atoms with Crippen molar-refractivity contribution >= 4 is 17.7 Å². The number of allylic oxidation sites excluding steroid dienone is 2. The molecule has 5 aliphatic carbocycles. The van der Waals surface area contributed by atoms with Gasteiger partial charge in [0.1, 0.15) is 0 Å². The lowest BCUT2D eigenvalue weighted by Gasteiger charge is -2.55. The first-order valence-electron chi connectivity index (χ1n) is 13.5. The minimum Gasteiger partial charge on any atom is -0.273 e. The molecule has 0 aromatic heterocycles. The Bertz CT molecular complexity index is 1130. The van der Waals surface area contributed by atoms with Crippen LogP contribution in [0.4, 0.5) is 0 Å². The van der Waals surface area contributed by atoms with Crippen molar-refractivity contribution in [2.75, 3.05) is 0 Å². The second-order valence-corrected chi connectivity index (χ2v) is 12.0. The number of fused-ring (bicyclic) bond motifs is 1. The normalized spacial score (nSPS) is 38.3. The Morgan fingerprint density at radius 1 is 0.694 bits per heavy atom. The van der Waals surface area contributed by atoms with Crippen LogP contribution in [0.3, 0.4) is 0 Å². The molecule has 2 aromatic rings. The molecule has 36 heavy (non-hydrogen) atoms. The number of hydrogen-bond donors (Lipinski definition) is 1. The van der Waals surface area contributed by atoms with Crippen LogP contribution in [0.1, 0.15) is 61.5 Å². The van der Waals surface area contributed by atoms with Gasteiger partial charge in [-0.25, -0.2) is 0 Å². The van der Waals surface area contributed by atoms with Crippen LogP contribution in [-0.4, -0.2) is 22.7 Å². The predicted molar refractivity (Wildman–Crippen MR) is 135 cm³/mol. The number of amides is 3. The largest absolute Gasteiger partial charge is 0.273 e. The van der Waals surface area contributed by atoms with E-state index in [1.165, 1.54) is 19.3 Å². The number of imide groups is 1. The zero-order valence-corrected chi connectivity index (χ0v) is 20.4. The van der Waals surface area contributed by atoms with Gasteiger partial charge in [0.15, 0.2) is 0 Å². The smallest absolute Gasteiger partial charge is 0.253 e. The van der Waals surface area contributed by atoms with Crippen LogP contribution in [0.2, 0.25) is 0 Å². The van der Waals surface area contributed by atoms with E-state index in [9.17, 15) is 14.4 Å². The highest BCUT2D eigenvalue weighted by Crippen LogP contribution is 2.60. The zero-order chi connectivity index (χ0) is 24.4. The van der Waals surface area contributed by atoms with Gasteiger partial charge in [-0.05, 0) is 67.4 Å². The van der Waals surface area contributed by atoms with Gasteiger partial charge in [-0.2, -0.15) is 5.01 Å².